The molecule has 4 aromatic rings. The molecule has 0 aliphatic heterocycles. The first-order chi connectivity index (χ1) is 17.1. The van der Waals surface area contributed by atoms with Gasteiger partial charge in [0.05, 0.1) is 0 Å². The van der Waals surface area contributed by atoms with Gasteiger partial charge < -0.3 is 12.5 Å². The Balaban J connectivity index is 1.74. The molecule has 4 aromatic carbocycles. The van der Waals surface area contributed by atoms with E-state index in [2.05, 4.69) is 0 Å². The molecule has 0 saturated heterocycles. The molecule has 0 saturated carbocycles. The van der Waals surface area contributed by atoms with Gasteiger partial charge in [-0.25, -0.2) is 0 Å². The summed E-state index contributed by atoms with van der Waals surface area (Å²) in [6.07, 6.45) is 0. The van der Waals surface area contributed by atoms with Gasteiger partial charge >= 0.3 is 30.4 Å². The molecule has 186 valence electrons. The van der Waals surface area contributed by atoms with Crippen LogP contribution in [-0.2, 0) is 30.4 Å². The Labute approximate surface area is 208 Å². The third kappa shape index (κ3) is 5.85. The Kier molecular flexibility index (Phi) is 7.02. The fourth-order valence-corrected chi connectivity index (χ4v) is 5.80. The second-order valence-corrected chi connectivity index (χ2v) is 11.8. The summed E-state index contributed by atoms with van der Waals surface area (Å²) in [7, 11) is -13.1. The summed E-state index contributed by atoms with van der Waals surface area (Å²) >= 11 is 0. The standard InChI is InChI=1S/C24H18O9S3/c25-34(26,20-10-4-1-5-11-20)31-19-16-17-23(32-35(27,28)21-12-6-2-7-13-21)24(18-19)33-36(29,30)22-14-8-3-9-15-22/h1-18H. The van der Waals surface area contributed by atoms with Crippen LogP contribution in [0.15, 0.2) is 124 Å². The van der Waals surface area contributed by atoms with Gasteiger partial charge in [-0.3, -0.25) is 0 Å². The zero-order valence-corrected chi connectivity index (χ0v) is 20.7. The molecule has 12 heteroatoms. The van der Waals surface area contributed by atoms with Crippen molar-refractivity contribution in [2.75, 3.05) is 0 Å². The topological polar surface area (TPSA) is 130 Å². The number of hydrogen-bond donors (Lipinski definition) is 0. The van der Waals surface area contributed by atoms with E-state index in [-0.39, 0.29) is 20.4 Å². The van der Waals surface area contributed by atoms with Gasteiger partial charge in [-0.15, -0.1) is 0 Å². The number of benzene rings is 4. The quantitative estimate of drug-likeness (QED) is 0.286. The average molecular weight is 547 g/mol. The maximum atomic E-state index is 12.8. The molecule has 0 radical (unpaired) electrons. The molecule has 0 heterocycles. The van der Waals surface area contributed by atoms with Crippen molar-refractivity contribution in [3.63, 3.8) is 0 Å². The molecule has 0 aliphatic rings. The van der Waals surface area contributed by atoms with E-state index in [9.17, 15) is 25.3 Å². The van der Waals surface area contributed by atoms with Crippen molar-refractivity contribution in [2.45, 2.75) is 14.7 Å². The first kappa shape index (κ1) is 25.2. The summed E-state index contributed by atoms with van der Waals surface area (Å²) in [6, 6.07) is 24.6. The zero-order valence-electron chi connectivity index (χ0n) is 18.3. The molecule has 36 heavy (non-hydrogen) atoms. The van der Waals surface area contributed by atoms with Crippen molar-refractivity contribution in [1.82, 2.24) is 0 Å². The summed E-state index contributed by atoms with van der Waals surface area (Å²) < 4.78 is 91.8. The van der Waals surface area contributed by atoms with E-state index in [4.69, 9.17) is 12.5 Å². The minimum absolute atomic E-state index is 0.142. The first-order valence-corrected chi connectivity index (χ1v) is 14.4. The van der Waals surface area contributed by atoms with Crippen LogP contribution in [0.25, 0.3) is 0 Å². The maximum Gasteiger partial charge on any atom is 0.339 e. The second kappa shape index (κ2) is 10.0. The van der Waals surface area contributed by atoms with Crippen LogP contribution in [0.3, 0.4) is 0 Å². The maximum absolute atomic E-state index is 12.8. The molecular formula is C24H18O9S3. The molecule has 4 rings (SSSR count). The summed E-state index contributed by atoms with van der Waals surface area (Å²) in [4.78, 5) is -0.546. The van der Waals surface area contributed by atoms with Gasteiger partial charge in [0.1, 0.15) is 20.4 Å². The van der Waals surface area contributed by atoms with Crippen molar-refractivity contribution in [3.05, 3.63) is 109 Å². The van der Waals surface area contributed by atoms with Gasteiger partial charge in [0.2, 0.25) is 0 Å². The summed E-state index contributed by atoms with van der Waals surface area (Å²) in [6.45, 7) is 0. The van der Waals surface area contributed by atoms with Crippen molar-refractivity contribution >= 4 is 30.4 Å². The molecule has 0 aliphatic carbocycles. The molecule has 0 amide bonds. The highest BCUT2D eigenvalue weighted by Gasteiger charge is 2.25. The number of rotatable bonds is 9. The molecule has 0 spiro atoms. The lowest BCUT2D eigenvalue weighted by Crippen LogP contribution is -2.14. The van der Waals surface area contributed by atoms with Crippen LogP contribution in [0.2, 0.25) is 0 Å². The van der Waals surface area contributed by atoms with E-state index in [1.54, 1.807) is 18.2 Å². The third-order valence-corrected chi connectivity index (χ3v) is 8.37. The fourth-order valence-electron chi connectivity index (χ4n) is 2.94. The lowest BCUT2D eigenvalue weighted by molar-refractivity contribution is 0.445. The van der Waals surface area contributed by atoms with Crippen LogP contribution >= 0.6 is 0 Å². The zero-order chi connectivity index (χ0) is 25.8. The molecule has 9 nitrogen and oxygen atoms in total. The minimum atomic E-state index is -4.45. The Morgan fingerprint density at radius 3 is 1.17 bits per heavy atom. The van der Waals surface area contributed by atoms with Gasteiger partial charge in [-0.1, -0.05) is 54.6 Å². The monoisotopic (exact) mass is 546 g/mol. The molecular weight excluding hydrogens is 528 g/mol. The number of hydrogen-bond acceptors (Lipinski definition) is 9. The largest absolute Gasteiger partial charge is 0.379 e. The summed E-state index contributed by atoms with van der Waals surface area (Å²) in [5.41, 5.74) is 0. The van der Waals surface area contributed by atoms with Gasteiger partial charge in [0, 0.05) is 6.07 Å². The van der Waals surface area contributed by atoms with E-state index in [1.165, 1.54) is 72.8 Å². The second-order valence-electron chi connectivity index (χ2n) is 7.16. The highest BCUT2D eigenvalue weighted by Crippen LogP contribution is 2.36. The van der Waals surface area contributed by atoms with Crippen LogP contribution < -0.4 is 12.5 Å². The lowest BCUT2D eigenvalue weighted by Gasteiger charge is -2.14. The van der Waals surface area contributed by atoms with Crippen LogP contribution in [-0.4, -0.2) is 25.3 Å². The Hall–Kier alpha value is -3.87. The van der Waals surface area contributed by atoms with Crippen molar-refractivity contribution in [2.24, 2.45) is 0 Å². The van der Waals surface area contributed by atoms with Gasteiger partial charge in [-0.2, -0.15) is 25.3 Å². The van der Waals surface area contributed by atoms with Crippen LogP contribution in [0.1, 0.15) is 0 Å². The van der Waals surface area contributed by atoms with E-state index in [0.29, 0.717) is 0 Å². The summed E-state index contributed by atoms with van der Waals surface area (Å²) in [5.74, 6) is -1.43. The van der Waals surface area contributed by atoms with E-state index < -0.39 is 41.9 Å². The summed E-state index contributed by atoms with van der Waals surface area (Å²) in [5, 5.41) is 0. The van der Waals surface area contributed by atoms with Gasteiger partial charge in [0.25, 0.3) is 0 Å². The predicted molar refractivity (Wildman–Crippen MR) is 129 cm³/mol. The van der Waals surface area contributed by atoms with Crippen LogP contribution in [0, 0.1) is 0 Å². The lowest BCUT2D eigenvalue weighted by atomic mass is 10.3. The van der Waals surface area contributed by atoms with Crippen LogP contribution in [0.4, 0.5) is 0 Å². The van der Waals surface area contributed by atoms with E-state index in [0.717, 1.165) is 18.2 Å². The van der Waals surface area contributed by atoms with E-state index in [1.807, 2.05) is 0 Å². The molecule has 0 unspecified atom stereocenters. The van der Waals surface area contributed by atoms with Gasteiger partial charge in [0.15, 0.2) is 11.5 Å². The van der Waals surface area contributed by atoms with Crippen molar-refractivity contribution in [3.8, 4) is 17.2 Å². The molecule has 0 atom stereocenters. The fraction of sp³-hybridized carbons (Fsp3) is 0. The average Bonchev–Trinajstić information content (AvgIpc) is 2.87. The normalized spacial score (nSPS) is 12.0. The SMILES string of the molecule is O=S(=O)(Oc1ccc(OS(=O)(=O)c2ccccc2)c(OS(=O)(=O)c2ccccc2)c1)c1ccccc1. The molecule has 0 N–H and O–H groups in total. The van der Waals surface area contributed by atoms with Crippen molar-refractivity contribution in [1.29, 1.82) is 0 Å². The van der Waals surface area contributed by atoms with Crippen molar-refractivity contribution < 1.29 is 37.8 Å². The van der Waals surface area contributed by atoms with E-state index >= 15 is 0 Å². The Morgan fingerprint density at radius 1 is 0.389 bits per heavy atom. The molecule has 0 aromatic heterocycles. The third-order valence-electron chi connectivity index (χ3n) is 4.62. The molecule has 0 fully saturated rings. The smallest absolute Gasteiger partial charge is 0.339 e. The first-order valence-electron chi connectivity index (χ1n) is 10.2. The Bertz CT molecular complexity index is 1670. The molecule has 0 bridgehead atoms. The minimum Gasteiger partial charge on any atom is -0.379 e. The predicted octanol–water partition coefficient (Wildman–Crippen LogP) is 3.99. The highest BCUT2D eigenvalue weighted by molar-refractivity contribution is 7.87. The Morgan fingerprint density at radius 2 is 0.750 bits per heavy atom. The van der Waals surface area contributed by atoms with Gasteiger partial charge in [-0.05, 0) is 48.5 Å². The van der Waals surface area contributed by atoms with Crippen LogP contribution in [0.5, 0.6) is 17.2 Å². The highest BCUT2D eigenvalue weighted by atomic mass is 32.2.